The van der Waals surface area contributed by atoms with Gasteiger partial charge in [-0.15, -0.1) is 0 Å². The second-order valence-electron chi connectivity index (χ2n) is 4.79. The number of sulfonamides is 1. The van der Waals surface area contributed by atoms with Gasteiger partial charge < -0.3 is 4.74 Å². The van der Waals surface area contributed by atoms with Gasteiger partial charge in [0, 0.05) is 11.6 Å². The molecule has 0 aromatic heterocycles. The second-order valence-corrected chi connectivity index (χ2v) is 7.03. The van der Waals surface area contributed by atoms with E-state index in [1.807, 2.05) is 31.2 Å². The molecule has 22 heavy (non-hydrogen) atoms. The lowest BCUT2D eigenvalue weighted by Gasteiger charge is -2.09. The Kier molecular flexibility index (Phi) is 5.83. The van der Waals surface area contributed by atoms with Crippen LogP contribution >= 0.6 is 11.6 Å². The molecule has 0 heterocycles. The van der Waals surface area contributed by atoms with Gasteiger partial charge >= 0.3 is 0 Å². The van der Waals surface area contributed by atoms with Crippen LogP contribution in [0.3, 0.4) is 0 Å². The Balaban J connectivity index is 1.97. The summed E-state index contributed by atoms with van der Waals surface area (Å²) in [6.07, 6.45) is 0. The number of nitrogens with one attached hydrogen (secondary N) is 1. The first-order valence-corrected chi connectivity index (χ1v) is 8.95. The molecule has 0 unspecified atom stereocenters. The van der Waals surface area contributed by atoms with E-state index < -0.39 is 10.0 Å². The summed E-state index contributed by atoms with van der Waals surface area (Å²) in [6.45, 7) is 2.71. The van der Waals surface area contributed by atoms with E-state index in [-0.39, 0.29) is 12.3 Å². The van der Waals surface area contributed by atoms with Gasteiger partial charge in [-0.1, -0.05) is 35.9 Å². The lowest BCUT2D eigenvalue weighted by molar-refractivity contribution is 0.340. The first-order valence-electron chi connectivity index (χ1n) is 6.92. The van der Waals surface area contributed by atoms with Crippen molar-refractivity contribution < 1.29 is 13.2 Å². The van der Waals surface area contributed by atoms with E-state index in [2.05, 4.69) is 4.72 Å². The summed E-state index contributed by atoms with van der Waals surface area (Å²) in [7, 11) is -3.40. The van der Waals surface area contributed by atoms with Crippen LogP contribution in [-0.2, 0) is 22.3 Å². The molecule has 118 valence electrons. The Morgan fingerprint density at radius 1 is 1.09 bits per heavy atom. The van der Waals surface area contributed by atoms with Crippen LogP contribution in [0.15, 0.2) is 48.5 Å². The van der Waals surface area contributed by atoms with E-state index in [0.29, 0.717) is 17.2 Å². The fraction of sp³-hybridized carbons (Fsp3) is 0.250. The largest absolute Gasteiger partial charge is 0.494 e. The Hall–Kier alpha value is -1.56. The maximum Gasteiger partial charge on any atom is 0.216 e. The summed E-state index contributed by atoms with van der Waals surface area (Å²) in [5.74, 6) is 0.659. The minimum absolute atomic E-state index is 0.0741. The van der Waals surface area contributed by atoms with Crippen molar-refractivity contribution in [3.8, 4) is 5.75 Å². The molecule has 0 fully saturated rings. The van der Waals surface area contributed by atoms with E-state index in [1.165, 1.54) is 0 Å². The maximum absolute atomic E-state index is 12.1. The second kappa shape index (κ2) is 7.63. The minimum atomic E-state index is -3.40. The van der Waals surface area contributed by atoms with Gasteiger partial charge in [-0.2, -0.15) is 0 Å². The molecular weight excluding hydrogens is 322 g/mol. The number of ether oxygens (including phenoxy) is 1. The van der Waals surface area contributed by atoms with Crippen LogP contribution in [0.1, 0.15) is 18.1 Å². The van der Waals surface area contributed by atoms with Gasteiger partial charge in [0.2, 0.25) is 10.0 Å². The highest BCUT2D eigenvalue weighted by Crippen LogP contribution is 2.14. The molecule has 4 nitrogen and oxygen atoms in total. The summed E-state index contributed by atoms with van der Waals surface area (Å²) < 4.78 is 32.2. The van der Waals surface area contributed by atoms with Gasteiger partial charge in [-0.3, -0.25) is 0 Å². The SMILES string of the molecule is CCOc1cccc(CNS(=O)(=O)Cc2ccc(Cl)cc2)c1. The number of rotatable bonds is 7. The maximum atomic E-state index is 12.1. The fourth-order valence-electron chi connectivity index (χ4n) is 1.96. The summed E-state index contributed by atoms with van der Waals surface area (Å²) >= 11 is 5.79. The average Bonchev–Trinajstić information content (AvgIpc) is 2.48. The molecule has 0 bridgehead atoms. The van der Waals surface area contributed by atoms with Crippen LogP contribution in [0.4, 0.5) is 0 Å². The zero-order valence-corrected chi connectivity index (χ0v) is 13.8. The van der Waals surface area contributed by atoms with Crippen LogP contribution in [0.25, 0.3) is 0 Å². The van der Waals surface area contributed by atoms with Crippen molar-refractivity contribution in [2.45, 2.75) is 19.2 Å². The third-order valence-corrected chi connectivity index (χ3v) is 4.53. The van der Waals surface area contributed by atoms with E-state index in [1.54, 1.807) is 24.3 Å². The number of hydrogen-bond donors (Lipinski definition) is 1. The lowest BCUT2D eigenvalue weighted by atomic mass is 10.2. The highest BCUT2D eigenvalue weighted by Gasteiger charge is 2.11. The molecule has 2 rings (SSSR count). The lowest BCUT2D eigenvalue weighted by Crippen LogP contribution is -2.24. The molecule has 0 aliphatic heterocycles. The summed E-state index contributed by atoms with van der Waals surface area (Å²) in [6, 6.07) is 14.1. The smallest absolute Gasteiger partial charge is 0.216 e. The van der Waals surface area contributed by atoms with Crippen molar-refractivity contribution in [2.24, 2.45) is 0 Å². The molecule has 0 atom stereocenters. The average molecular weight is 340 g/mol. The molecule has 2 aromatic rings. The molecular formula is C16H18ClNO3S. The number of hydrogen-bond acceptors (Lipinski definition) is 3. The predicted octanol–water partition coefficient (Wildman–Crippen LogP) is 3.36. The quantitative estimate of drug-likeness (QED) is 0.841. The Bertz CT molecular complexity index is 714. The molecule has 6 heteroatoms. The topological polar surface area (TPSA) is 55.4 Å². The standard InChI is InChI=1S/C16H18ClNO3S/c1-2-21-16-5-3-4-14(10-16)11-18-22(19,20)12-13-6-8-15(17)9-7-13/h3-10,18H,2,11-12H2,1H3. The van der Waals surface area contributed by atoms with Crippen molar-refractivity contribution in [3.63, 3.8) is 0 Å². The van der Waals surface area contributed by atoms with Crippen molar-refractivity contribution in [1.82, 2.24) is 4.72 Å². The zero-order valence-electron chi connectivity index (χ0n) is 12.3. The van der Waals surface area contributed by atoms with Crippen molar-refractivity contribution in [1.29, 1.82) is 0 Å². The third-order valence-electron chi connectivity index (χ3n) is 2.98. The monoisotopic (exact) mass is 339 g/mol. The molecule has 0 saturated heterocycles. The highest BCUT2D eigenvalue weighted by molar-refractivity contribution is 7.88. The molecule has 2 aromatic carbocycles. The molecule has 0 amide bonds. The van der Waals surface area contributed by atoms with Crippen LogP contribution < -0.4 is 9.46 Å². The van der Waals surface area contributed by atoms with Crippen LogP contribution in [-0.4, -0.2) is 15.0 Å². The molecule has 0 spiro atoms. The molecule has 1 N–H and O–H groups in total. The van der Waals surface area contributed by atoms with Crippen LogP contribution in [0, 0.1) is 0 Å². The van der Waals surface area contributed by atoms with E-state index in [4.69, 9.17) is 16.3 Å². The van der Waals surface area contributed by atoms with Crippen LogP contribution in [0.5, 0.6) is 5.75 Å². The number of halogens is 1. The first kappa shape index (κ1) is 16.8. The Morgan fingerprint density at radius 3 is 2.50 bits per heavy atom. The van der Waals surface area contributed by atoms with E-state index in [9.17, 15) is 8.42 Å². The van der Waals surface area contributed by atoms with Crippen molar-refractivity contribution in [2.75, 3.05) is 6.61 Å². The van der Waals surface area contributed by atoms with Gasteiger partial charge in [-0.25, -0.2) is 13.1 Å². The highest BCUT2D eigenvalue weighted by atomic mass is 35.5. The molecule has 0 radical (unpaired) electrons. The number of benzene rings is 2. The van der Waals surface area contributed by atoms with Gasteiger partial charge in [0.25, 0.3) is 0 Å². The van der Waals surface area contributed by atoms with E-state index in [0.717, 1.165) is 11.3 Å². The third kappa shape index (κ3) is 5.33. The van der Waals surface area contributed by atoms with Gasteiger partial charge in [0.05, 0.1) is 12.4 Å². The summed E-state index contributed by atoms with van der Waals surface area (Å²) in [5, 5.41) is 0.585. The van der Waals surface area contributed by atoms with Crippen molar-refractivity contribution >= 4 is 21.6 Å². The first-order chi connectivity index (χ1) is 10.5. The molecule has 0 aliphatic rings. The van der Waals surface area contributed by atoms with Gasteiger partial charge in [0.1, 0.15) is 5.75 Å². The van der Waals surface area contributed by atoms with Crippen molar-refractivity contribution in [3.05, 3.63) is 64.7 Å². The summed E-state index contributed by atoms with van der Waals surface area (Å²) in [4.78, 5) is 0. The van der Waals surface area contributed by atoms with Gasteiger partial charge in [-0.05, 0) is 42.3 Å². The Labute approximate surface area is 136 Å². The fourth-order valence-corrected chi connectivity index (χ4v) is 3.20. The minimum Gasteiger partial charge on any atom is -0.494 e. The summed E-state index contributed by atoms with van der Waals surface area (Å²) in [5.41, 5.74) is 1.55. The van der Waals surface area contributed by atoms with Crippen LogP contribution in [0.2, 0.25) is 5.02 Å². The van der Waals surface area contributed by atoms with E-state index >= 15 is 0 Å². The Morgan fingerprint density at radius 2 is 1.82 bits per heavy atom. The zero-order chi connectivity index (χ0) is 16.0. The van der Waals surface area contributed by atoms with Gasteiger partial charge in [0.15, 0.2) is 0 Å². The predicted molar refractivity (Wildman–Crippen MR) is 88.5 cm³/mol. The normalized spacial score (nSPS) is 11.4. The molecule has 0 saturated carbocycles. The molecule has 0 aliphatic carbocycles.